The molecule has 0 aliphatic heterocycles. The van der Waals surface area contributed by atoms with E-state index in [9.17, 15) is 21.6 Å². The van der Waals surface area contributed by atoms with Crippen molar-refractivity contribution in [2.75, 3.05) is 16.3 Å². The Balaban J connectivity index is 1.69. The molecule has 1 heterocycles. The molecule has 31 heavy (non-hydrogen) atoms. The van der Waals surface area contributed by atoms with Gasteiger partial charge in [-0.05, 0) is 54.1 Å². The number of amides is 2. The van der Waals surface area contributed by atoms with Crippen LogP contribution in [-0.4, -0.2) is 34.1 Å². The van der Waals surface area contributed by atoms with Crippen molar-refractivity contribution in [3.63, 3.8) is 0 Å². The normalized spacial score (nSPS) is 11.5. The highest BCUT2D eigenvalue weighted by Gasteiger charge is 2.18. The minimum atomic E-state index is -3.88. The average Bonchev–Trinajstić information content (AvgIpc) is 2.72. The van der Waals surface area contributed by atoms with Crippen molar-refractivity contribution in [3.8, 4) is 0 Å². The number of aromatic nitrogens is 1. The fraction of sp³-hybridized carbons (Fsp3) is 0.100. The molecule has 0 unspecified atom stereocenters. The lowest BCUT2D eigenvalue weighted by Crippen LogP contribution is -2.28. The number of urea groups is 1. The second kappa shape index (κ2) is 9.14. The summed E-state index contributed by atoms with van der Waals surface area (Å²) in [4.78, 5) is 15.9. The van der Waals surface area contributed by atoms with Crippen molar-refractivity contribution in [2.45, 2.75) is 16.3 Å². The molecule has 0 fully saturated rings. The summed E-state index contributed by atoms with van der Waals surface area (Å²) >= 11 is 0. The molecular weight excluding hydrogens is 440 g/mol. The molecule has 0 saturated carbocycles. The van der Waals surface area contributed by atoms with E-state index >= 15 is 0 Å². The van der Waals surface area contributed by atoms with Crippen LogP contribution in [0.3, 0.4) is 0 Å². The number of nitrogens with zero attached hydrogens (tertiary/aromatic N) is 1. The standard InChI is InChI=1S/C20H20N4O5S2/c1-30(26,27)24-17-5-2-6-19(12-17)31(28,29)18-9-7-16(8-10-18)23-20(25)22-14-15-4-3-11-21-13-15/h2-13,24H,14H2,1H3,(H2,22,23,25). The summed E-state index contributed by atoms with van der Waals surface area (Å²) in [5, 5.41) is 5.30. The zero-order valence-corrected chi connectivity index (χ0v) is 18.1. The number of nitrogens with one attached hydrogen (secondary N) is 3. The predicted octanol–water partition coefficient (Wildman–Crippen LogP) is 2.61. The molecule has 2 amide bonds. The molecule has 2 aromatic carbocycles. The highest BCUT2D eigenvalue weighted by atomic mass is 32.2. The van der Waals surface area contributed by atoms with Gasteiger partial charge in [-0.2, -0.15) is 0 Å². The molecule has 0 radical (unpaired) electrons. The van der Waals surface area contributed by atoms with Crippen molar-refractivity contribution >= 4 is 37.3 Å². The van der Waals surface area contributed by atoms with E-state index in [1.807, 2.05) is 6.07 Å². The Hall–Kier alpha value is -3.44. The van der Waals surface area contributed by atoms with Gasteiger partial charge in [-0.25, -0.2) is 21.6 Å². The maximum absolute atomic E-state index is 12.9. The minimum Gasteiger partial charge on any atom is -0.334 e. The Kier molecular flexibility index (Phi) is 6.56. The summed E-state index contributed by atoms with van der Waals surface area (Å²) in [5.74, 6) is 0. The summed E-state index contributed by atoms with van der Waals surface area (Å²) in [6.07, 6.45) is 4.25. The Morgan fingerprint density at radius 1 is 0.903 bits per heavy atom. The number of anilines is 2. The van der Waals surface area contributed by atoms with Gasteiger partial charge in [-0.15, -0.1) is 0 Å². The van der Waals surface area contributed by atoms with Crippen LogP contribution in [-0.2, 0) is 26.4 Å². The van der Waals surface area contributed by atoms with Crippen LogP contribution in [0.2, 0.25) is 0 Å². The van der Waals surface area contributed by atoms with E-state index in [1.165, 1.54) is 48.5 Å². The van der Waals surface area contributed by atoms with E-state index in [-0.39, 0.29) is 15.5 Å². The molecule has 162 valence electrons. The average molecular weight is 461 g/mol. The summed E-state index contributed by atoms with van der Waals surface area (Å²) in [7, 11) is -7.42. The molecule has 0 bridgehead atoms. The van der Waals surface area contributed by atoms with Gasteiger partial charge in [-0.3, -0.25) is 9.71 Å². The lowest BCUT2D eigenvalue weighted by Gasteiger charge is -2.10. The topological polar surface area (TPSA) is 134 Å². The number of sulfonamides is 1. The second-order valence-corrected chi connectivity index (χ2v) is 10.3. The third-order valence-electron chi connectivity index (χ3n) is 4.05. The molecule has 11 heteroatoms. The van der Waals surface area contributed by atoms with Crippen LogP contribution in [0.4, 0.5) is 16.2 Å². The zero-order chi connectivity index (χ0) is 22.5. The fourth-order valence-corrected chi connectivity index (χ4v) is 4.52. The Labute approximate surface area is 180 Å². The molecule has 9 nitrogen and oxygen atoms in total. The van der Waals surface area contributed by atoms with E-state index in [4.69, 9.17) is 0 Å². The smallest absolute Gasteiger partial charge is 0.319 e. The van der Waals surface area contributed by atoms with Crippen molar-refractivity contribution in [2.24, 2.45) is 0 Å². The number of pyridine rings is 1. The molecule has 0 saturated heterocycles. The first kappa shape index (κ1) is 22.2. The molecule has 1 aromatic heterocycles. The van der Waals surface area contributed by atoms with E-state index in [0.717, 1.165) is 11.8 Å². The van der Waals surface area contributed by atoms with E-state index in [1.54, 1.807) is 18.5 Å². The highest BCUT2D eigenvalue weighted by molar-refractivity contribution is 7.92. The van der Waals surface area contributed by atoms with Crippen molar-refractivity contribution < 1.29 is 21.6 Å². The quantitative estimate of drug-likeness (QED) is 0.496. The van der Waals surface area contributed by atoms with Crippen LogP contribution in [0.5, 0.6) is 0 Å². The summed E-state index contributed by atoms with van der Waals surface area (Å²) in [6.45, 7) is 0.296. The van der Waals surface area contributed by atoms with Gasteiger partial charge in [0.15, 0.2) is 0 Å². The third-order valence-corrected chi connectivity index (χ3v) is 6.42. The van der Waals surface area contributed by atoms with Gasteiger partial charge in [0.25, 0.3) is 0 Å². The van der Waals surface area contributed by atoms with Crippen LogP contribution >= 0.6 is 0 Å². The van der Waals surface area contributed by atoms with E-state index in [2.05, 4.69) is 20.3 Å². The maximum atomic E-state index is 12.9. The Bertz CT molecular complexity index is 1280. The number of carbonyl (C=O) groups excluding carboxylic acids is 1. The molecule has 3 N–H and O–H groups in total. The lowest BCUT2D eigenvalue weighted by molar-refractivity contribution is 0.251. The van der Waals surface area contributed by atoms with Gasteiger partial charge in [0, 0.05) is 30.3 Å². The highest BCUT2D eigenvalue weighted by Crippen LogP contribution is 2.25. The van der Waals surface area contributed by atoms with Gasteiger partial charge >= 0.3 is 6.03 Å². The Morgan fingerprint density at radius 2 is 1.65 bits per heavy atom. The molecule has 3 aromatic rings. The van der Waals surface area contributed by atoms with Crippen LogP contribution in [0.15, 0.2) is 82.8 Å². The molecule has 0 aliphatic rings. The third kappa shape index (κ3) is 6.27. The summed E-state index contributed by atoms with van der Waals surface area (Å²) in [5.41, 5.74) is 1.40. The minimum absolute atomic E-state index is 0.00493. The van der Waals surface area contributed by atoms with E-state index in [0.29, 0.717) is 12.2 Å². The molecule has 0 aliphatic carbocycles. The maximum Gasteiger partial charge on any atom is 0.319 e. The van der Waals surface area contributed by atoms with Gasteiger partial charge in [0.2, 0.25) is 19.9 Å². The SMILES string of the molecule is CS(=O)(=O)Nc1cccc(S(=O)(=O)c2ccc(NC(=O)NCc3cccnc3)cc2)c1. The first-order valence-electron chi connectivity index (χ1n) is 9.00. The van der Waals surface area contributed by atoms with Crippen LogP contribution in [0, 0.1) is 0 Å². The number of hydrogen-bond acceptors (Lipinski definition) is 6. The van der Waals surface area contributed by atoms with Gasteiger partial charge in [0.05, 0.1) is 16.0 Å². The van der Waals surface area contributed by atoms with Crippen molar-refractivity contribution in [3.05, 3.63) is 78.6 Å². The largest absolute Gasteiger partial charge is 0.334 e. The van der Waals surface area contributed by atoms with Crippen LogP contribution < -0.4 is 15.4 Å². The van der Waals surface area contributed by atoms with Gasteiger partial charge in [-0.1, -0.05) is 12.1 Å². The van der Waals surface area contributed by atoms with Crippen molar-refractivity contribution in [1.82, 2.24) is 10.3 Å². The number of rotatable bonds is 7. The Morgan fingerprint density at radius 3 is 2.29 bits per heavy atom. The number of hydrogen-bond donors (Lipinski definition) is 3. The number of benzene rings is 2. The van der Waals surface area contributed by atoms with Crippen LogP contribution in [0.1, 0.15) is 5.56 Å². The molecule has 3 rings (SSSR count). The molecule has 0 atom stereocenters. The summed E-state index contributed by atoms with van der Waals surface area (Å²) in [6, 6.07) is 14.3. The van der Waals surface area contributed by atoms with E-state index < -0.39 is 25.9 Å². The number of carbonyl (C=O) groups is 1. The molecule has 0 spiro atoms. The summed E-state index contributed by atoms with van der Waals surface area (Å²) < 4.78 is 50.7. The number of sulfone groups is 1. The fourth-order valence-electron chi connectivity index (χ4n) is 2.65. The lowest BCUT2D eigenvalue weighted by atomic mass is 10.3. The monoisotopic (exact) mass is 460 g/mol. The zero-order valence-electron chi connectivity index (χ0n) is 16.4. The predicted molar refractivity (Wildman–Crippen MR) is 117 cm³/mol. The second-order valence-electron chi connectivity index (χ2n) is 6.60. The molecular formula is C20H20N4O5S2. The van der Waals surface area contributed by atoms with Gasteiger partial charge in [0.1, 0.15) is 0 Å². The van der Waals surface area contributed by atoms with Gasteiger partial charge < -0.3 is 10.6 Å². The first-order valence-corrected chi connectivity index (χ1v) is 12.4. The van der Waals surface area contributed by atoms with Crippen LogP contribution in [0.25, 0.3) is 0 Å². The van der Waals surface area contributed by atoms with Crippen molar-refractivity contribution in [1.29, 1.82) is 0 Å². The first-order chi connectivity index (χ1) is 14.6.